The quantitative estimate of drug-likeness (QED) is 0.482. The number of hydrogen-bond acceptors (Lipinski definition) is 6. The molecule has 0 spiro atoms. The molecule has 1 aliphatic heterocycles. The fourth-order valence-corrected chi connectivity index (χ4v) is 4.84. The van der Waals surface area contributed by atoms with Crippen LogP contribution in [0.4, 0.5) is 0 Å². The molecule has 2 unspecified atom stereocenters. The summed E-state index contributed by atoms with van der Waals surface area (Å²) in [5, 5.41) is 3.03. The highest BCUT2D eigenvalue weighted by Crippen LogP contribution is 2.35. The predicted molar refractivity (Wildman–Crippen MR) is 122 cm³/mol. The molecule has 8 heteroatoms. The minimum atomic E-state index is -0.678. The lowest BCUT2D eigenvalue weighted by molar-refractivity contribution is -0.140. The number of ether oxygens (including phenoxy) is 1. The standard InChI is InChI=1S/C22H39N3O4S/c1-10-29-20(28)15(2)11-12-25(9)19(27)16(21(3,4)5)23-18(26)17-22(6,7)30-14-13-24(17)8/h11,16-17H,10,12-14H2,1-9H3,(H,23,26)/b15-11+. The highest BCUT2D eigenvalue weighted by atomic mass is 32.2. The van der Waals surface area contributed by atoms with Crippen LogP contribution in [0.1, 0.15) is 48.5 Å². The molecule has 0 aromatic carbocycles. The Morgan fingerprint density at radius 2 is 1.93 bits per heavy atom. The van der Waals surface area contributed by atoms with Gasteiger partial charge in [0.05, 0.1) is 6.61 Å². The van der Waals surface area contributed by atoms with Gasteiger partial charge in [0, 0.05) is 36.2 Å². The Hall–Kier alpha value is -1.54. The van der Waals surface area contributed by atoms with E-state index in [-0.39, 0.29) is 35.1 Å². The van der Waals surface area contributed by atoms with Crippen LogP contribution in [0.2, 0.25) is 0 Å². The normalized spacial score (nSPS) is 21.0. The molecular weight excluding hydrogens is 402 g/mol. The second kappa shape index (κ2) is 10.7. The van der Waals surface area contributed by atoms with Crippen molar-refractivity contribution in [2.45, 2.75) is 65.3 Å². The summed E-state index contributed by atoms with van der Waals surface area (Å²) in [6.07, 6.45) is 1.67. The lowest BCUT2D eigenvalue weighted by Gasteiger charge is -2.44. The van der Waals surface area contributed by atoms with Crippen LogP contribution >= 0.6 is 11.8 Å². The minimum Gasteiger partial charge on any atom is -0.463 e. The molecule has 30 heavy (non-hydrogen) atoms. The Morgan fingerprint density at radius 1 is 1.33 bits per heavy atom. The monoisotopic (exact) mass is 441 g/mol. The van der Waals surface area contributed by atoms with E-state index in [1.807, 2.05) is 27.8 Å². The fourth-order valence-electron chi connectivity index (χ4n) is 3.49. The van der Waals surface area contributed by atoms with E-state index in [4.69, 9.17) is 4.74 Å². The van der Waals surface area contributed by atoms with Crippen molar-refractivity contribution in [3.05, 3.63) is 11.6 Å². The number of rotatable bonds is 7. The number of hydrogen-bond donors (Lipinski definition) is 1. The lowest BCUT2D eigenvalue weighted by Crippen LogP contribution is -2.63. The Bertz CT molecular complexity index is 670. The predicted octanol–water partition coefficient (Wildman–Crippen LogP) is 2.31. The molecule has 1 heterocycles. The van der Waals surface area contributed by atoms with Crippen LogP contribution in [-0.4, -0.2) is 84.0 Å². The Labute approximate surface area is 185 Å². The first-order valence-electron chi connectivity index (χ1n) is 10.5. The van der Waals surface area contributed by atoms with E-state index in [9.17, 15) is 14.4 Å². The summed E-state index contributed by atoms with van der Waals surface area (Å²) in [4.78, 5) is 41.8. The number of thioether (sulfide) groups is 1. The van der Waals surface area contributed by atoms with Crippen LogP contribution in [0.5, 0.6) is 0 Å². The van der Waals surface area contributed by atoms with Crippen LogP contribution in [0.3, 0.4) is 0 Å². The first-order valence-corrected chi connectivity index (χ1v) is 11.4. The van der Waals surface area contributed by atoms with Gasteiger partial charge in [-0.25, -0.2) is 4.79 Å². The van der Waals surface area contributed by atoms with Gasteiger partial charge in [-0.2, -0.15) is 11.8 Å². The fraction of sp³-hybridized carbons (Fsp3) is 0.773. The average Bonchev–Trinajstić information content (AvgIpc) is 2.61. The van der Waals surface area contributed by atoms with Crippen molar-refractivity contribution in [2.75, 3.05) is 39.5 Å². The SMILES string of the molecule is CCOC(=O)/C(C)=C/CN(C)C(=O)C(NC(=O)C1N(C)CCSC1(C)C)C(C)(C)C. The summed E-state index contributed by atoms with van der Waals surface area (Å²) in [6, 6.07) is -0.993. The zero-order valence-electron chi connectivity index (χ0n) is 20.0. The first-order chi connectivity index (χ1) is 13.7. The van der Waals surface area contributed by atoms with E-state index in [1.165, 1.54) is 4.90 Å². The summed E-state index contributed by atoms with van der Waals surface area (Å²) >= 11 is 1.78. The van der Waals surface area contributed by atoms with E-state index >= 15 is 0 Å². The number of carbonyl (C=O) groups is 3. The number of likely N-dealkylation sites (N-methyl/N-ethyl adjacent to an activating group) is 2. The molecule has 1 aliphatic rings. The molecule has 0 radical (unpaired) electrons. The van der Waals surface area contributed by atoms with Crippen molar-refractivity contribution >= 4 is 29.5 Å². The molecule has 0 saturated carbocycles. The number of nitrogens with zero attached hydrogens (tertiary/aromatic N) is 2. The van der Waals surface area contributed by atoms with Crippen molar-refractivity contribution in [3.8, 4) is 0 Å². The average molecular weight is 442 g/mol. The van der Waals surface area contributed by atoms with Gasteiger partial charge in [-0.15, -0.1) is 0 Å². The van der Waals surface area contributed by atoms with Crippen LogP contribution in [-0.2, 0) is 19.1 Å². The third-order valence-corrected chi connectivity index (χ3v) is 6.66. The molecule has 1 saturated heterocycles. The van der Waals surface area contributed by atoms with Crippen LogP contribution in [0.25, 0.3) is 0 Å². The maximum atomic E-state index is 13.2. The van der Waals surface area contributed by atoms with E-state index in [0.29, 0.717) is 12.2 Å². The largest absolute Gasteiger partial charge is 0.463 e. The van der Waals surface area contributed by atoms with Gasteiger partial charge >= 0.3 is 5.97 Å². The molecule has 1 rings (SSSR count). The molecular formula is C22H39N3O4S. The van der Waals surface area contributed by atoms with Gasteiger partial charge < -0.3 is 15.0 Å². The highest BCUT2D eigenvalue weighted by Gasteiger charge is 2.44. The molecule has 0 aromatic rings. The van der Waals surface area contributed by atoms with Crippen LogP contribution < -0.4 is 5.32 Å². The van der Waals surface area contributed by atoms with E-state index < -0.39 is 11.5 Å². The second-order valence-corrected chi connectivity index (χ2v) is 11.2. The van der Waals surface area contributed by atoms with Crippen LogP contribution in [0, 0.1) is 5.41 Å². The van der Waals surface area contributed by atoms with Gasteiger partial charge in [-0.3, -0.25) is 14.5 Å². The van der Waals surface area contributed by atoms with E-state index in [1.54, 1.807) is 38.7 Å². The topological polar surface area (TPSA) is 79.0 Å². The zero-order chi connectivity index (χ0) is 23.3. The third-order valence-electron chi connectivity index (χ3n) is 5.31. The van der Waals surface area contributed by atoms with Gasteiger partial charge in [0.2, 0.25) is 11.8 Å². The van der Waals surface area contributed by atoms with Crippen molar-refractivity contribution in [1.82, 2.24) is 15.1 Å². The highest BCUT2D eigenvalue weighted by molar-refractivity contribution is 8.00. The maximum Gasteiger partial charge on any atom is 0.333 e. The maximum absolute atomic E-state index is 13.2. The molecule has 1 N–H and O–H groups in total. The number of carbonyl (C=O) groups excluding carboxylic acids is 3. The molecule has 0 bridgehead atoms. The molecule has 1 fully saturated rings. The van der Waals surface area contributed by atoms with Crippen molar-refractivity contribution in [1.29, 1.82) is 0 Å². The van der Waals surface area contributed by atoms with E-state index in [0.717, 1.165) is 12.3 Å². The number of nitrogens with one attached hydrogen (secondary N) is 1. The zero-order valence-corrected chi connectivity index (χ0v) is 20.8. The van der Waals surface area contributed by atoms with Crippen molar-refractivity contribution in [2.24, 2.45) is 5.41 Å². The molecule has 2 atom stereocenters. The Balaban J connectivity index is 2.96. The van der Waals surface area contributed by atoms with Crippen LogP contribution in [0.15, 0.2) is 11.6 Å². The molecule has 7 nitrogen and oxygen atoms in total. The van der Waals surface area contributed by atoms with Gasteiger partial charge in [0.1, 0.15) is 12.1 Å². The van der Waals surface area contributed by atoms with Gasteiger partial charge in [-0.05, 0) is 40.2 Å². The van der Waals surface area contributed by atoms with Crippen molar-refractivity contribution in [3.63, 3.8) is 0 Å². The Morgan fingerprint density at radius 3 is 2.43 bits per heavy atom. The molecule has 0 aliphatic carbocycles. The summed E-state index contributed by atoms with van der Waals surface area (Å²) in [5.41, 5.74) is -0.0127. The first kappa shape index (κ1) is 26.5. The number of esters is 1. The Kier molecular flexibility index (Phi) is 9.42. The van der Waals surface area contributed by atoms with Crippen molar-refractivity contribution < 1.29 is 19.1 Å². The molecule has 172 valence electrons. The second-order valence-electron chi connectivity index (χ2n) is 9.47. The third kappa shape index (κ3) is 7.01. The summed E-state index contributed by atoms with van der Waals surface area (Å²) in [7, 11) is 3.63. The molecule has 2 amide bonds. The number of amides is 2. The molecule has 0 aromatic heterocycles. The smallest absolute Gasteiger partial charge is 0.333 e. The summed E-state index contributed by atoms with van der Waals surface area (Å²) < 4.78 is 4.73. The lowest BCUT2D eigenvalue weighted by atomic mass is 9.85. The summed E-state index contributed by atoms with van der Waals surface area (Å²) in [6.45, 7) is 14.8. The minimum absolute atomic E-state index is 0.130. The van der Waals surface area contributed by atoms with Gasteiger partial charge in [-0.1, -0.05) is 26.8 Å². The van der Waals surface area contributed by atoms with E-state index in [2.05, 4.69) is 24.1 Å². The van der Waals surface area contributed by atoms with Gasteiger partial charge in [0.15, 0.2) is 0 Å². The summed E-state index contributed by atoms with van der Waals surface area (Å²) in [5.74, 6) is 0.269. The van der Waals surface area contributed by atoms with Gasteiger partial charge in [0.25, 0.3) is 0 Å².